The molecule has 6 nitrogen and oxygen atoms in total. The van der Waals surface area contributed by atoms with Gasteiger partial charge in [-0.15, -0.1) is 0 Å². The largest absolute Gasteiger partial charge is 0.453 e. The monoisotopic (exact) mass is 306 g/mol. The SMILES string of the molecule is Nc1ccc(Oc2cncc(Br)c2)c2nonc12. The topological polar surface area (TPSA) is 87.1 Å². The van der Waals surface area contributed by atoms with Crippen LogP contribution in [0.15, 0.2) is 39.7 Å². The van der Waals surface area contributed by atoms with Gasteiger partial charge in [0.15, 0.2) is 16.8 Å². The Morgan fingerprint density at radius 3 is 2.83 bits per heavy atom. The second-order valence-electron chi connectivity index (χ2n) is 3.56. The summed E-state index contributed by atoms with van der Waals surface area (Å²) in [6, 6.07) is 5.19. The van der Waals surface area contributed by atoms with Gasteiger partial charge in [0.25, 0.3) is 0 Å². The van der Waals surface area contributed by atoms with Gasteiger partial charge in [-0.1, -0.05) is 0 Å². The Bertz CT molecular complexity index is 713. The van der Waals surface area contributed by atoms with Crippen molar-refractivity contribution in [1.82, 2.24) is 15.3 Å². The molecule has 0 saturated carbocycles. The summed E-state index contributed by atoms with van der Waals surface area (Å²) in [5, 5.41) is 7.50. The quantitative estimate of drug-likeness (QED) is 0.732. The molecule has 0 aliphatic heterocycles. The zero-order chi connectivity index (χ0) is 12.5. The van der Waals surface area contributed by atoms with E-state index in [9.17, 15) is 0 Å². The van der Waals surface area contributed by atoms with Gasteiger partial charge in [0, 0.05) is 10.7 Å². The minimum Gasteiger partial charge on any atom is -0.453 e. The average Bonchev–Trinajstić information content (AvgIpc) is 2.83. The summed E-state index contributed by atoms with van der Waals surface area (Å²) in [5.41, 5.74) is 7.20. The number of nitrogen functional groups attached to an aromatic ring is 1. The number of hydrogen-bond acceptors (Lipinski definition) is 6. The lowest BCUT2D eigenvalue weighted by molar-refractivity contribution is 0.314. The van der Waals surface area contributed by atoms with Crippen LogP contribution in [0.25, 0.3) is 11.0 Å². The average molecular weight is 307 g/mol. The van der Waals surface area contributed by atoms with E-state index < -0.39 is 0 Å². The van der Waals surface area contributed by atoms with Gasteiger partial charge in [0.1, 0.15) is 5.75 Å². The van der Waals surface area contributed by atoms with Crippen LogP contribution in [0.5, 0.6) is 11.5 Å². The molecule has 0 radical (unpaired) electrons. The van der Waals surface area contributed by atoms with Crippen LogP contribution in [0.3, 0.4) is 0 Å². The van der Waals surface area contributed by atoms with Crippen molar-refractivity contribution in [2.75, 3.05) is 5.73 Å². The molecule has 3 aromatic rings. The summed E-state index contributed by atoms with van der Waals surface area (Å²) in [6.45, 7) is 0. The van der Waals surface area contributed by atoms with Gasteiger partial charge in [-0.25, -0.2) is 4.63 Å². The third-order valence-electron chi connectivity index (χ3n) is 2.32. The summed E-state index contributed by atoms with van der Waals surface area (Å²) in [5.74, 6) is 1.10. The third kappa shape index (κ3) is 1.88. The Balaban J connectivity index is 2.05. The molecule has 0 amide bonds. The van der Waals surface area contributed by atoms with Gasteiger partial charge in [-0.3, -0.25) is 4.98 Å². The predicted octanol–water partition coefficient (Wildman–Crippen LogP) is 2.75. The fourth-order valence-corrected chi connectivity index (χ4v) is 1.86. The molecule has 90 valence electrons. The van der Waals surface area contributed by atoms with Crippen molar-refractivity contribution < 1.29 is 9.37 Å². The molecule has 3 rings (SSSR count). The normalized spacial score (nSPS) is 10.7. The molecule has 2 heterocycles. The van der Waals surface area contributed by atoms with Gasteiger partial charge in [-0.05, 0) is 44.4 Å². The maximum absolute atomic E-state index is 5.75. The number of pyridine rings is 1. The molecule has 1 aromatic carbocycles. The lowest BCUT2D eigenvalue weighted by Crippen LogP contribution is -1.90. The Morgan fingerprint density at radius 1 is 1.17 bits per heavy atom. The minimum absolute atomic E-state index is 0.481. The van der Waals surface area contributed by atoms with E-state index in [4.69, 9.17) is 10.5 Å². The van der Waals surface area contributed by atoms with Crippen molar-refractivity contribution in [3.05, 3.63) is 35.1 Å². The molecule has 18 heavy (non-hydrogen) atoms. The molecule has 0 fully saturated rings. The van der Waals surface area contributed by atoms with Crippen LogP contribution in [-0.2, 0) is 0 Å². The molecular formula is C11H7BrN4O2. The van der Waals surface area contributed by atoms with E-state index in [1.807, 2.05) is 0 Å². The Kier molecular flexibility index (Phi) is 2.60. The van der Waals surface area contributed by atoms with E-state index in [-0.39, 0.29) is 0 Å². The maximum Gasteiger partial charge on any atom is 0.179 e. The van der Waals surface area contributed by atoms with Crippen molar-refractivity contribution in [2.45, 2.75) is 0 Å². The number of ether oxygens (including phenoxy) is 1. The molecule has 0 unspecified atom stereocenters. The first kappa shape index (κ1) is 11.0. The molecule has 0 bridgehead atoms. The number of hydrogen-bond donors (Lipinski definition) is 1. The zero-order valence-corrected chi connectivity index (χ0v) is 10.6. The molecule has 0 atom stereocenters. The highest BCUT2D eigenvalue weighted by atomic mass is 79.9. The Labute approximate surface area is 110 Å². The number of rotatable bonds is 2. The van der Waals surface area contributed by atoms with Crippen LogP contribution in [0, 0.1) is 0 Å². The number of halogens is 1. The van der Waals surface area contributed by atoms with E-state index in [2.05, 4.69) is 35.9 Å². The number of fused-ring (bicyclic) bond motifs is 1. The fraction of sp³-hybridized carbons (Fsp3) is 0. The number of aromatic nitrogens is 3. The van der Waals surface area contributed by atoms with Gasteiger partial charge in [0.2, 0.25) is 0 Å². The second-order valence-corrected chi connectivity index (χ2v) is 4.47. The number of benzene rings is 1. The first-order valence-electron chi connectivity index (χ1n) is 5.03. The number of anilines is 1. The van der Waals surface area contributed by atoms with E-state index in [0.29, 0.717) is 28.2 Å². The summed E-state index contributed by atoms with van der Waals surface area (Å²) in [6.07, 6.45) is 3.27. The number of nitrogens with zero attached hydrogens (tertiary/aromatic N) is 3. The third-order valence-corrected chi connectivity index (χ3v) is 2.75. The molecule has 2 aromatic heterocycles. The van der Waals surface area contributed by atoms with Crippen molar-refractivity contribution in [1.29, 1.82) is 0 Å². The van der Waals surface area contributed by atoms with E-state index in [0.717, 1.165) is 4.47 Å². The lowest BCUT2D eigenvalue weighted by atomic mass is 10.2. The van der Waals surface area contributed by atoms with E-state index in [1.54, 1.807) is 30.6 Å². The molecule has 0 aliphatic carbocycles. The van der Waals surface area contributed by atoms with Crippen molar-refractivity contribution >= 4 is 32.7 Å². The van der Waals surface area contributed by atoms with Crippen LogP contribution in [0.1, 0.15) is 0 Å². The minimum atomic E-state index is 0.481. The highest BCUT2D eigenvalue weighted by Crippen LogP contribution is 2.31. The van der Waals surface area contributed by atoms with Gasteiger partial charge in [-0.2, -0.15) is 0 Å². The van der Waals surface area contributed by atoms with E-state index >= 15 is 0 Å². The Morgan fingerprint density at radius 2 is 2.00 bits per heavy atom. The zero-order valence-electron chi connectivity index (χ0n) is 9.00. The van der Waals surface area contributed by atoms with Crippen LogP contribution in [0.4, 0.5) is 5.69 Å². The molecule has 0 aliphatic rings. The summed E-state index contributed by atoms with van der Waals surface area (Å²) < 4.78 is 11.2. The Hall–Kier alpha value is -2.15. The summed E-state index contributed by atoms with van der Waals surface area (Å²) >= 11 is 3.32. The molecule has 2 N–H and O–H groups in total. The van der Waals surface area contributed by atoms with Crippen molar-refractivity contribution in [2.24, 2.45) is 0 Å². The molecule has 0 saturated heterocycles. The van der Waals surface area contributed by atoms with Crippen LogP contribution in [0.2, 0.25) is 0 Å². The first-order valence-corrected chi connectivity index (χ1v) is 5.82. The highest BCUT2D eigenvalue weighted by molar-refractivity contribution is 9.10. The fourth-order valence-electron chi connectivity index (χ4n) is 1.52. The van der Waals surface area contributed by atoms with Crippen molar-refractivity contribution in [3.8, 4) is 11.5 Å². The molecule has 0 spiro atoms. The van der Waals surface area contributed by atoms with Crippen molar-refractivity contribution in [3.63, 3.8) is 0 Å². The lowest BCUT2D eigenvalue weighted by Gasteiger charge is -2.05. The van der Waals surface area contributed by atoms with Crippen LogP contribution in [-0.4, -0.2) is 15.3 Å². The standard InChI is InChI=1S/C11H7BrN4O2/c12-6-3-7(5-14-4-6)17-9-2-1-8(13)10-11(9)16-18-15-10/h1-5H,13H2. The second kappa shape index (κ2) is 4.26. The summed E-state index contributed by atoms with van der Waals surface area (Å²) in [4.78, 5) is 4.01. The predicted molar refractivity (Wildman–Crippen MR) is 68.2 cm³/mol. The van der Waals surface area contributed by atoms with Gasteiger partial charge in [0.05, 0.1) is 11.9 Å². The van der Waals surface area contributed by atoms with Crippen LogP contribution >= 0.6 is 15.9 Å². The number of nitrogens with two attached hydrogens (primary N) is 1. The summed E-state index contributed by atoms with van der Waals surface area (Å²) in [7, 11) is 0. The molecule has 7 heteroatoms. The van der Waals surface area contributed by atoms with Gasteiger partial charge >= 0.3 is 0 Å². The highest BCUT2D eigenvalue weighted by Gasteiger charge is 2.12. The smallest absolute Gasteiger partial charge is 0.179 e. The van der Waals surface area contributed by atoms with Crippen LogP contribution < -0.4 is 10.5 Å². The first-order chi connectivity index (χ1) is 8.74. The molecular weight excluding hydrogens is 300 g/mol. The maximum atomic E-state index is 5.75. The van der Waals surface area contributed by atoms with E-state index in [1.165, 1.54) is 0 Å². The van der Waals surface area contributed by atoms with Gasteiger partial charge < -0.3 is 10.5 Å².